The summed E-state index contributed by atoms with van der Waals surface area (Å²) in [6.07, 6.45) is 0.102. The molecule has 6 heteroatoms. The van der Waals surface area contributed by atoms with Gasteiger partial charge in [-0.1, -0.05) is 17.7 Å². The monoisotopic (exact) mass is 368 g/mol. The zero-order valence-corrected chi connectivity index (χ0v) is 16.1. The van der Waals surface area contributed by atoms with Crippen molar-refractivity contribution in [3.63, 3.8) is 0 Å². The lowest BCUT2D eigenvalue weighted by atomic mass is 10.1. The number of hydrogen-bond donors (Lipinski definition) is 0. The zero-order chi connectivity index (χ0) is 19.7. The van der Waals surface area contributed by atoms with Crippen LogP contribution in [0.3, 0.4) is 0 Å². The van der Waals surface area contributed by atoms with Crippen LogP contribution in [-0.4, -0.2) is 35.4 Å². The number of hydrogen-bond acceptors (Lipinski definition) is 4. The van der Waals surface area contributed by atoms with Crippen LogP contribution in [0.15, 0.2) is 30.3 Å². The highest BCUT2D eigenvalue weighted by atomic mass is 16.5. The number of nitrogens with zero attached hydrogens (tertiary/aromatic N) is 2. The predicted octanol–water partition coefficient (Wildman–Crippen LogP) is 2.73. The molecule has 1 amide bonds. The molecule has 1 saturated heterocycles. The van der Waals surface area contributed by atoms with Crippen molar-refractivity contribution < 1.29 is 19.1 Å². The Balaban J connectivity index is 1.60. The predicted molar refractivity (Wildman–Crippen MR) is 102 cm³/mol. The van der Waals surface area contributed by atoms with Gasteiger partial charge < -0.3 is 14.2 Å². The molecule has 2 heterocycles. The van der Waals surface area contributed by atoms with E-state index in [2.05, 4.69) is 0 Å². The summed E-state index contributed by atoms with van der Waals surface area (Å²) in [7, 11) is 1.89. The van der Waals surface area contributed by atoms with Crippen LogP contribution in [0.25, 0.3) is 0 Å². The normalized spacial score (nSPS) is 16.7. The number of esters is 1. The van der Waals surface area contributed by atoms with Crippen LogP contribution in [0, 0.1) is 26.7 Å². The van der Waals surface area contributed by atoms with Crippen LogP contribution in [0.1, 0.15) is 33.7 Å². The van der Waals surface area contributed by atoms with E-state index in [1.54, 1.807) is 11.0 Å². The lowest BCUT2D eigenvalue weighted by Crippen LogP contribution is -2.27. The van der Waals surface area contributed by atoms with E-state index in [9.17, 15) is 14.4 Å². The molecule has 2 aromatic rings. The lowest BCUT2D eigenvalue weighted by Gasteiger charge is -2.16. The minimum Gasteiger partial charge on any atom is -0.457 e. The van der Waals surface area contributed by atoms with Gasteiger partial charge in [0.25, 0.3) is 0 Å². The smallest absolute Gasteiger partial charge is 0.311 e. The van der Waals surface area contributed by atoms with E-state index in [1.807, 2.05) is 56.7 Å². The van der Waals surface area contributed by atoms with E-state index in [0.29, 0.717) is 5.56 Å². The van der Waals surface area contributed by atoms with Gasteiger partial charge in [0.2, 0.25) is 11.7 Å². The second-order valence-corrected chi connectivity index (χ2v) is 7.12. The minimum absolute atomic E-state index is 0.102. The van der Waals surface area contributed by atoms with Gasteiger partial charge in [0.05, 0.1) is 5.92 Å². The number of rotatable bonds is 5. The van der Waals surface area contributed by atoms with Crippen molar-refractivity contribution in [2.75, 3.05) is 18.1 Å². The average molecular weight is 368 g/mol. The number of anilines is 1. The minimum atomic E-state index is -0.551. The Morgan fingerprint density at radius 3 is 2.41 bits per heavy atom. The number of carbonyl (C=O) groups excluding carboxylic acids is 3. The van der Waals surface area contributed by atoms with E-state index >= 15 is 0 Å². The quantitative estimate of drug-likeness (QED) is 0.601. The molecule has 3 rings (SSSR count). The summed E-state index contributed by atoms with van der Waals surface area (Å²) in [5.74, 6) is -1.40. The Morgan fingerprint density at radius 1 is 1.15 bits per heavy atom. The summed E-state index contributed by atoms with van der Waals surface area (Å²) in [6, 6.07) is 9.38. The Morgan fingerprint density at radius 2 is 1.81 bits per heavy atom. The van der Waals surface area contributed by atoms with Crippen molar-refractivity contribution in [3.05, 3.63) is 52.8 Å². The van der Waals surface area contributed by atoms with Crippen molar-refractivity contribution in [1.29, 1.82) is 0 Å². The molecule has 1 fully saturated rings. The molecule has 0 aliphatic carbocycles. The molecule has 1 aromatic carbocycles. The molecular weight excluding hydrogens is 344 g/mol. The third-order valence-corrected chi connectivity index (χ3v) is 5.23. The fourth-order valence-corrected chi connectivity index (χ4v) is 3.31. The maximum atomic E-state index is 12.4. The van der Waals surface area contributed by atoms with Gasteiger partial charge in [0.1, 0.15) is 0 Å². The Labute approximate surface area is 158 Å². The molecule has 142 valence electrons. The summed E-state index contributed by atoms with van der Waals surface area (Å²) >= 11 is 0. The van der Waals surface area contributed by atoms with Gasteiger partial charge in [0.15, 0.2) is 6.61 Å². The van der Waals surface area contributed by atoms with Crippen molar-refractivity contribution >= 4 is 23.3 Å². The number of carbonyl (C=O) groups is 3. The Bertz CT molecular complexity index is 896. The van der Waals surface area contributed by atoms with Crippen molar-refractivity contribution in [3.8, 4) is 0 Å². The maximum Gasteiger partial charge on any atom is 0.311 e. The summed E-state index contributed by atoms with van der Waals surface area (Å²) < 4.78 is 7.14. The van der Waals surface area contributed by atoms with Crippen LogP contribution in [-0.2, 0) is 21.4 Å². The van der Waals surface area contributed by atoms with Gasteiger partial charge in [-0.15, -0.1) is 0 Å². The highest BCUT2D eigenvalue weighted by Gasteiger charge is 2.36. The summed E-state index contributed by atoms with van der Waals surface area (Å²) in [6.45, 7) is 5.72. The van der Waals surface area contributed by atoms with Crippen LogP contribution in [0.4, 0.5) is 5.69 Å². The molecule has 0 N–H and O–H groups in total. The first-order valence-corrected chi connectivity index (χ1v) is 8.97. The third kappa shape index (κ3) is 3.79. The Hall–Kier alpha value is -2.89. The van der Waals surface area contributed by atoms with Gasteiger partial charge in [-0.3, -0.25) is 14.4 Å². The first-order chi connectivity index (χ1) is 12.8. The summed E-state index contributed by atoms with van der Waals surface area (Å²) in [5.41, 5.74) is 4.25. The van der Waals surface area contributed by atoms with Gasteiger partial charge in [-0.25, -0.2) is 0 Å². The summed E-state index contributed by atoms with van der Waals surface area (Å²) in [4.78, 5) is 38.6. The van der Waals surface area contributed by atoms with Gasteiger partial charge >= 0.3 is 5.97 Å². The number of amides is 1. The largest absolute Gasteiger partial charge is 0.457 e. The van der Waals surface area contributed by atoms with Gasteiger partial charge in [0, 0.05) is 42.7 Å². The molecule has 27 heavy (non-hydrogen) atoms. The molecule has 0 unspecified atom stereocenters. The molecule has 1 aliphatic rings. The van der Waals surface area contributed by atoms with E-state index < -0.39 is 11.9 Å². The first-order valence-electron chi connectivity index (χ1n) is 8.97. The van der Waals surface area contributed by atoms with Crippen molar-refractivity contribution in [1.82, 2.24) is 4.57 Å². The number of aryl methyl sites for hydroxylation is 2. The second-order valence-electron chi connectivity index (χ2n) is 7.12. The molecule has 1 atom stereocenters. The Kier molecular flexibility index (Phi) is 5.17. The van der Waals surface area contributed by atoms with Crippen LogP contribution in [0.5, 0.6) is 0 Å². The van der Waals surface area contributed by atoms with E-state index in [4.69, 9.17) is 4.74 Å². The number of ketones is 1. The SMILES string of the molecule is Cc1ccc(N2C[C@@H](C(=O)OCC(=O)c3cc(C)n(C)c3C)CC2=O)cc1. The standard InChI is InChI=1S/C21H24N2O4/c1-13-5-7-17(8-6-13)23-11-16(10-20(23)25)21(26)27-12-19(24)18-9-14(2)22(4)15(18)3/h5-9,16H,10-12H2,1-4H3/t16-/m0/s1. The maximum absolute atomic E-state index is 12.4. The molecule has 1 aliphatic heterocycles. The van der Waals surface area contributed by atoms with Gasteiger partial charge in [-0.2, -0.15) is 0 Å². The molecule has 0 radical (unpaired) electrons. The molecule has 1 aromatic heterocycles. The van der Waals surface area contributed by atoms with Crippen LogP contribution in [0.2, 0.25) is 0 Å². The molecular formula is C21H24N2O4. The summed E-state index contributed by atoms with van der Waals surface area (Å²) in [5, 5.41) is 0. The van der Waals surface area contributed by atoms with Crippen molar-refractivity contribution in [2.45, 2.75) is 27.2 Å². The fraction of sp³-hybridized carbons (Fsp3) is 0.381. The van der Waals surface area contributed by atoms with Crippen LogP contribution < -0.4 is 4.90 Å². The third-order valence-electron chi connectivity index (χ3n) is 5.23. The molecule has 6 nitrogen and oxygen atoms in total. The highest BCUT2D eigenvalue weighted by Crippen LogP contribution is 2.26. The molecule has 0 saturated carbocycles. The fourth-order valence-electron chi connectivity index (χ4n) is 3.31. The topological polar surface area (TPSA) is 68.6 Å². The highest BCUT2D eigenvalue weighted by molar-refractivity contribution is 6.01. The van der Waals surface area contributed by atoms with E-state index in [1.165, 1.54) is 0 Å². The van der Waals surface area contributed by atoms with Crippen LogP contribution >= 0.6 is 0 Å². The lowest BCUT2D eigenvalue weighted by molar-refractivity contribution is -0.147. The van der Waals surface area contributed by atoms with E-state index in [-0.39, 0.29) is 31.3 Å². The molecule has 0 bridgehead atoms. The average Bonchev–Trinajstić information content (AvgIpc) is 3.15. The number of ether oxygens (including phenoxy) is 1. The number of benzene rings is 1. The first kappa shape index (κ1) is 18.9. The zero-order valence-electron chi connectivity index (χ0n) is 16.1. The number of Topliss-reactive ketones (excluding diaryl/α,β-unsaturated/α-hetero) is 1. The molecule has 0 spiro atoms. The second kappa shape index (κ2) is 7.39. The van der Waals surface area contributed by atoms with E-state index in [0.717, 1.165) is 22.6 Å². The van der Waals surface area contributed by atoms with Crippen molar-refractivity contribution in [2.24, 2.45) is 13.0 Å². The van der Waals surface area contributed by atoms with Gasteiger partial charge in [-0.05, 0) is 39.0 Å². The number of aromatic nitrogens is 1.